The Morgan fingerprint density at radius 3 is 1.97 bits per heavy atom. The molecule has 0 fully saturated rings. The van der Waals surface area contributed by atoms with Crippen molar-refractivity contribution in [2.75, 3.05) is 0 Å². The van der Waals surface area contributed by atoms with Gasteiger partial charge in [-0.25, -0.2) is 9.98 Å². The Labute approximate surface area is 333 Å². The predicted molar refractivity (Wildman–Crippen MR) is 239 cm³/mol. The molecule has 1 unspecified atom stereocenters. The van der Waals surface area contributed by atoms with Crippen molar-refractivity contribution in [3.8, 4) is 22.3 Å². The fraction of sp³-hybridized carbons (Fsp3) is 0.0189. The van der Waals surface area contributed by atoms with Crippen LogP contribution in [0.1, 0.15) is 22.9 Å². The van der Waals surface area contributed by atoms with Gasteiger partial charge in [0.15, 0.2) is 12.0 Å². The zero-order valence-electron chi connectivity index (χ0n) is 31.2. The first-order chi connectivity index (χ1) is 28.7. The second-order valence-electron chi connectivity index (χ2n) is 14.9. The van der Waals surface area contributed by atoms with Crippen LogP contribution in [-0.2, 0) is 0 Å². The van der Waals surface area contributed by atoms with E-state index in [0.717, 1.165) is 83.1 Å². The number of fused-ring (bicyclic) bond motifs is 9. The maximum atomic E-state index is 6.49. The number of nitrogens with one attached hydrogen (secondary N) is 1. The van der Waals surface area contributed by atoms with E-state index < -0.39 is 6.17 Å². The average Bonchev–Trinajstić information content (AvgIpc) is 3.87. The van der Waals surface area contributed by atoms with Crippen LogP contribution in [0, 0.1) is 0 Å². The molecule has 12 rings (SSSR count). The second-order valence-corrected chi connectivity index (χ2v) is 14.9. The van der Waals surface area contributed by atoms with Crippen LogP contribution in [0.5, 0.6) is 0 Å². The summed E-state index contributed by atoms with van der Waals surface area (Å²) in [5, 5.41) is 13.0. The molecular formula is C53H33N3O2. The quantitative estimate of drug-likeness (QED) is 0.179. The number of nitrogens with zero attached hydrogens (tertiary/aromatic N) is 2. The largest absolute Gasteiger partial charge is 0.456 e. The summed E-state index contributed by atoms with van der Waals surface area (Å²) in [6.45, 7) is 0. The Morgan fingerprint density at radius 1 is 0.414 bits per heavy atom. The van der Waals surface area contributed by atoms with E-state index in [1.165, 1.54) is 27.1 Å². The molecule has 1 atom stereocenters. The van der Waals surface area contributed by atoms with Crippen LogP contribution in [0.4, 0.5) is 0 Å². The Kier molecular flexibility index (Phi) is 7.23. The van der Waals surface area contributed by atoms with Crippen LogP contribution in [-0.4, -0.2) is 11.7 Å². The molecule has 2 aromatic heterocycles. The monoisotopic (exact) mass is 743 g/mol. The standard InChI is InChI=1S/C53H33N3O2/c1-2-12-33(13-3-1)51-54-52(56-53(55-51)43-21-10-20-42-41-18-8-9-22-46(41)58-50(42)43)34-26-24-32(25-27-34)38-19-11-23-48-49(38)45-31-36(28-29-47(45)57-48)44-30-35-14-4-5-15-37(35)39-16-6-7-17-40(39)44/h1-31,53H,(H,54,55,56). The van der Waals surface area contributed by atoms with Gasteiger partial charge in [-0.05, 0) is 74.1 Å². The average molecular weight is 744 g/mol. The third-order valence-electron chi connectivity index (χ3n) is 11.5. The number of aliphatic imine (C=N–C) groups is 2. The molecule has 1 N–H and O–H groups in total. The first-order valence-electron chi connectivity index (χ1n) is 19.6. The fourth-order valence-electron chi connectivity index (χ4n) is 8.79. The van der Waals surface area contributed by atoms with Gasteiger partial charge in [0.1, 0.15) is 28.2 Å². The first-order valence-corrected chi connectivity index (χ1v) is 19.6. The van der Waals surface area contributed by atoms with Gasteiger partial charge in [0, 0.05) is 38.2 Å². The van der Waals surface area contributed by atoms with Crippen molar-refractivity contribution in [1.82, 2.24) is 5.32 Å². The molecule has 1 aliphatic rings. The minimum atomic E-state index is -0.411. The van der Waals surface area contributed by atoms with Crippen LogP contribution in [0.25, 0.3) is 87.7 Å². The molecule has 0 saturated heterocycles. The third kappa shape index (κ3) is 5.17. The molecular weight excluding hydrogens is 711 g/mol. The summed E-state index contributed by atoms with van der Waals surface area (Å²) in [7, 11) is 0. The molecule has 0 amide bonds. The zero-order chi connectivity index (χ0) is 38.2. The van der Waals surface area contributed by atoms with Crippen molar-refractivity contribution in [2.24, 2.45) is 9.98 Å². The van der Waals surface area contributed by atoms with Crippen molar-refractivity contribution in [2.45, 2.75) is 6.17 Å². The maximum Gasteiger partial charge on any atom is 0.159 e. The van der Waals surface area contributed by atoms with E-state index in [1.807, 2.05) is 36.4 Å². The van der Waals surface area contributed by atoms with E-state index in [1.54, 1.807) is 0 Å². The molecule has 9 aromatic carbocycles. The molecule has 11 aromatic rings. The maximum absolute atomic E-state index is 6.49. The topological polar surface area (TPSA) is 63.0 Å². The van der Waals surface area contributed by atoms with Crippen molar-refractivity contribution in [3.05, 3.63) is 205 Å². The number of furan rings is 2. The summed E-state index contributed by atoms with van der Waals surface area (Å²) in [6, 6.07) is 65.8. The molecule has 0 spiro atoms. The highest BCUT2D eigenvalue weighted by Gasteiger charge is 2.25. The highest BCUT2D eigenvalue weighted by molar-refractivity contribution is 6.17. The van der Waals surface area contributed by atoms with E-state index >= 15 is 0 Å². The normalized spacial score (nSPS) is 14.4. The fourth-order valence-corrected chi connectivity index (χ4v) is 8.79. The van der Waals surface area contributed by atoms with Crippen LogP contribution in [0.3, 0.4) is 0 Å². The second kappa shape index (κ2) is 12.9. The number of rotatable bonds is 5. The summed E-state index contributed by atoms with van der Waals surface area (Å²) in [6.07, 6.45) is -0.411. The van der Waals surface area contributed by atoms with Gasteiger partial charge in [0.05, 0.1) is 0 Å². The molecule has 0 saturated carbocycles. The first kappa shape index (κ1) is 32.5. The molecule has 5 nitrogen and oxygen atoms in total. The van der Waals surface area contributed by atoms with E-state index in [4.69, 9.17) is 18.8 Å². The smallest absolute Gasteiger partial charge is 0.159 e. The van der Waals surface area contributed by atoms with Gasteiger partial charge in [0.2, 0.25) is 0 Å². The van der Waals surface area contributed by atoms with Crippen molar-refractivity contribution in [3.63, 3.8) is 0 Å². The SMILES string of the molecule is c1ccc(C2=NC(c3cccc4c3oc3ccccc34)NC(c3ccc(-c4cccc5oc6ccc(-c7cc8ccccc8c8ccccc78)cc6c45)cc3)=N2)cc1. The van der Waals surface area contributed by atoms with Crippen molar-refractivity contribution >= 4 is 77.1 Å². The molecule has 5 heteroatoms. The van der Waals surface area contributed by atoms with Gasteiger partial charge in [-0.15, -0.1) is 0 Å². The van der Waals surface area contributed by atoms with Crippen molar-refractivity contribution < 1.29 is 8.83 Å². The van der Waals surface area contributed by atoms with Crippen molar-refractivity contribution in [1.29, 1.82) is 0 Å². The predicted octanol–water partition coefficient (Wildman–Crippen LogP) is 13.6. The van der Waals surface area contributed by atoms with Gasteiger partial charge in [0.25, 0.3) is 0 Å². The summed E-state index contributed by atoms with van der Waals surface area (Å²) in [5.74, 6) is 1.42. The van der Waals surface area contributed by atoms with Gasteiger partial charge in [-0.1, -0.05) is 158 Å². The van der Waals surface area contributed by atoms with Crippen LogP contribution in [0.2, 0.25) is 0 Å². The molecule has 58 heavy (non-hydrogen) atoms. The molecule has 272 valence electrons. The Morgan fingerprint density at radius 2 is 1.09 bits per heavy atom. The highest BCUT2D eigenvalue weighted by atomic mass is 16.3. The zero-order valence-corrected chi connectivity index (χ0v) is 31.2. The summed E-state index contributed by atoms with van der Waals surface area (Å²) >= 11 is 0. The van der Waals surface area contributed by atoms with E-state index in [-0.39, 0.29) is 0 Å². The number of para-hydroxylation sites is 2. The lowest BCUT2D eigenvalue weighted by atomic mass is 9.92. The van der Waals surface area contributed by atoms with Gasteiger partial charge in [-0.2, -0.15) is 0 Å². The van der Waals surface area contributed by atoms with Gasteiger partial charge >= 0.3 is 0 Å². The lowest BCUT2D eigenvalue weighted by Crippen LogP contribution is -2.33. The lowest BCUT2D eigenvalue weighted by Gasteiger charge is -2.24. The summed E-state index contributed by atoms with van der Waals surface area (Å²) in [4.78, 5) is 10.2. The summed E-state index contributed by atoms with van der Waals surface area (Å²) < 4.78 is 12.9. The van der Waals surface area contributed by atoms with Gasteiger partial charge in [-0.3, -0.25) is 0 Å². The Balaban J connectivity index is 0.949. The molecule has 3 heterocycles. The number of benzene rings is 9. The molecule has 0 aliphatic carbocycles. The highest BCUT2D eigenvalue weighted by Crippen LogP contribution is 2.41. The Hall–Kier alpha value is -7.76. The minimum Gasteiger partial charge on any atom is -0.456 e. The number of hydrogen-bond acceptors (Lipinski definition) is 5. The van der Waals surface area contributed by atoms with Crippen LogP contribution < -0.4 is 5.32 Å². The lowest BCUT2D eigenvalue weighted by molar-refractivity contribution is 0.628. The van der Waals surface area contributed by atoms with E-state index in [2.05, 4.69) is 157 Å². The molecule has 0 radical (unpaired) electrons. The van der Waals surface area contributed by atoms with Crippen LogP contribution in [0.15, 0.2) is 207 Å². The summed E-state index contributed by atoms with van der Waals surface area (Å²) in [5.41, 5.74) is 10.9. The molecule has 0 bridgehead atoms. The van der Waals surface area contributed by atoms with Crippen LogP contribution >= 0.6 is 0 Å². The Bertz CT molecular complexity index is 3480. The number of hydrogen-bond donors (Lipinski definition) is 1. The van der Waals surface area contributed by atoms with E-state index in [9.17, 15) is 0 Å². The minimum absolute atomic E-state index is 0.411. The third-order valence-corrected chi connectivity index (χ3v) is 11.5. The molecule has 1 aliphatic heterocycles. The van der Waals surface area contributed by atoms with Gasteiger partial charge < -0.3 is 14.2 Å². The van der Waals surface area contributed by atoms with E-state index in [0.29, 0.717) is 5.84 Å². The number of amidine groups is 2.